The van der Waals surface area contributed by atoms with Gasteiger partial charge in [0, 0.05) is 20.2 Å². The van der Waals surface area contributed by atoms with Crippen LogP contribution < -0.4 is 5.32 Å². The zero-order valence-corrected chi connectivity index (χ0v) is 13.5. The smallest absolute Gasteiger partial charge is 0.265 e. The van der Waals surface area contributed by atoms with Crippen molar-refractivity contribution in [3.63, 3.8) is 0 Å². The van der Waals surface area contributed by atoms with Gasteiger partial charge in [-0.25, -0.2) is 4.39 Å². The van der Waals surface area contributed by atoms with Crippen LogP contribution >= 0.6 is 27.3 Å². The monoisotopic (exact) mass is 363 g/mol. The Balaban J connectivity index is 1.92. The number of rotatable bonds is 2. The van der Waals surface area contributed by atoms with E-state index in [4.69, 9.17) is 0 Å². The van der Waals surface area contributed by atoms with Crippen LogP contribution in [0.5, 0.6) is 0 Å². The van der Waals surface area contributed by atoms with Crippen LogP contribution in [0.2, 0.25) is 0 Å². The van der Waals surface area contributed by atoms with Gasteiger partial charge >= 0.3 is 0 Å². The lowest BCUT2D eigenvalue weighted by atomic mass is 10.2. The maximum atomic E-state index is 13.7. The Kier molecular flexibility index (Phi) is 3.78. The third kappa shape index (κ3) is 2.84. The van der Waals surface area contributed by atoms with Crippen LogP contribution in [0.3, 0.4) is 0 Å². The Morgan fingerprint density at radius 2 is 2.05 bits per heavy atom. The molecule has 1 heterocycles. The van der Waals surface area contributed by atoms with Gasteiger partial charge in [0.1, 0.15) is 5.82 Å². The number of nitrogens with one attached hydrogen (secondary N) is 1. The highest BCUT2D eigenvalue weighted by atomic mass is 79.9. The van der Waals surface area contributed by atoms with E-state index in [-0.39, 0.29) is 11.7 Å². The summed E-state index contributed by atoms with van der Waals surface area (Å²) in [6.07, 6.45) is 0. The van der Waals surface area contributed by atoms with Gasteiger partial charge in [0.2, 0.25) is 0 Å². The van der Waals surface area contributed by atoms with Gasteiger partial charge < -0.3 is 5.32 Å². The largest absolute Gasteiger partial charge is 0.321 e. The summed E-state index contributed by atoms with van der Waals surface area (Å²) in [5.74, 6) is -0.524. The highest BCUT2D eigenvalue weighted by molar-refractivity contribution is 9.10. The predicted molar refractivity (Wildman–Crippen MR) is 88.6 cm³/mol. The standard InChI is InChI=1S/C16H11BrFNOS/c1-9-7-10(17)5-6-13(9)19-16(20)15-8-11-12(18)3-2-4-14(11)21-15/h2-8H,1H3,(H,19,20). The fourth-order valence-electron chi connectivity index (χ4n) is 2.09. The van der Waals surface area contributed by atoms with Crippen molar-refractivity contribution in [2.24, 2.45) is 0 Å². The summed E-state index contributed by atoms with van der Waals surface area (Å²) in [6, 6.07) is 12.1. The normalized spacial score (nSPS) is 10.8. The molecule has 0 spiro atoms. The van der Waals surface area contributed by atoms with Crippen LogP contribution in [0.4, 0.5) is 10.1 Å². The summed E-state index contributed by atoms with van der Waals surface area (Å²) < 4.78 is 15.4. The number of hydrogen-bond donors (Lipinski definition) is 1. The lowest BCUT2D eigenvalue weighted by Gasteiger charge is -2.07. The topological polar surface area (TPSA) is 29.1 Å². The van der Waals surface area contributed by atoms with E-state index in [1.807, 2.05) is 31.2 Å². The zero-order valence-electron chi connectivity index (χ0n) is 11.1. The van der Waals surface area contributed by atoms with Gasteiger partial charge in [0.05, 0.1) is 4.88 Å². The minimum atomic E-state index is -0.303. The van der Waals surface area contributed by atoms with Gasteiger partial charge in [-0.1, -0.05) is 22.0 Å². The molecule has 0 aliphatic rings. The fourth-order valence-corrected chi connectivity index (χ4v) is 3.53. The average molecular weight is 364 g/mol. The summed E-state index contributed by atoms with van der Waals surface area (Å²) >= 11 is 4.67. The summed E-state index contributed by atoms with van der Waals surface area (Å²) in [5, 5.41) is 3.35. The van der Waals surface area contributed by atoms with Crippen molar-refractivity contribution >= 4 is 48.9 Å². The zero-order chi connectivity index (χ0) is 15.0. The fraction of sp³-hybridized carbons (Fsp3) is 0.0625. The molecule has 0 radical (unpaired) electrons. The van der Waals surface area contributed by atoms with Crippen molar-refractivity contribution in [3.05, 3.63) is 63.2 Å². The lowest BCUT2D eigenvalue weighted by Crippen LogP contribution is -2.11. The second-order valence-electron chi connectivity index (χ2n) is 4.68. The van der Waals surface area contributed by atoms with Gasteiger partial charge in [0.15, 0.2) is 0 Å². The van der Waals surface area contributed by atoms with Crippen molar-refractivity contribution in [1.82, 2.24) is 0 Å². The maximum absolute atomic E-state index is 13.7. The molecule has 1 amide bonds. The highest BCUT2D eigenvalue weighted by Crippen LogP contribution is 2.28. The van der Waals surface area contributed by atoms with Crippen molar-refractivity contribution in [3.8, 4) is 0 Å². The molecule has 21 heavy (non-hydrogen) atoms. The van der Waals surface area contributed by atoms with Crippen molar-refractivity contribution < 1.29 is 9.18 Å². The molecule has 0 saturated carbocycles. The SMILES string of the molecule is Cc1cc(Br)ccc1NC(=O)c1cc2c(F)cccc2s1. The molecule has 0 fully saturated rings. The van der Waals surface area contributed by atoms with E-state index < -0.39 is 0 Å². The van der Waals surface area contributed by atoms with E-state index >= 15 is 0 Å². The Morgan fingerprint density at radius 3 is 2.76 bits per heavy atom. The van der Waals surface area contributed by atoms with Crippen LogP contribution in [-0.2, 0) is 0 Å². The van der Waals surface area contributed by atoms with Gasteiger partial charge in [-0.15, -0.1) is 11.3 Å². The summed E-state index contributed by atoms with van der Waals surface area (Å²) in [7, 11) is 0. The van der Waals surface area contributed by atoms with Gasteiger partial charge in [-0.2, -0.15) is 0 Å². The average Bonchev–Trinajstić information content (AvgIpc) is 2.87. The Labute approximate surface area is 133 Å². The molecule has 5 heteroatoms. The minimum Gasteiger partial charge on any atom is -0.321 e. The minimum absolute atomic E-state index is 0.221. The molecule has 0 atom stereocenters. The maximum Gasteiger partial charge on any atom is 0.265 e. The van der Waals surface area contributed by atoms with E-state index in [0.717, 1.165) is 20.4 Å². The molecule has 106 valence electrons. The highest BCUT2D eigenvalue weighted by Gasteiger charge is 2.13. The van der Waals surface area contributed by atoms with Crippen molar-refractivity contribution in [2.45, 2.75) is 6.92 Å². The number of thiophene rings is 1. The first-order valence-corrected chi connectivity index (χ1v) is 7.91. The molecule has 1 N–H and O–H groups in total. The number of amides is 1. The number of aryl methyl sites for hydroxylation is 1. The molecule has 0 aliphatic heterocycles. The first-order valence-electron chi connectivity index (χ1n) is 6.30. The lowest BCUT2D eigenvalue weighted by molar-refractivity contribution is 0.103. The third-order valence-electron chi connectivity index (χ3n) is 3.17. The van der Waals surface area contributed by atoms with Crippen LogP contribution in [-0.4, -0.2) is 5.91 Å². The van der Waals surface area contributed by atoms with Gasteiger partial charge in [-0.05, 0) is 48.9 Å². The van der Waals surface area contributed by atoms with Crippen LogP contribution in [0.25, 0.3) is 10.1 Å². The Morgan fingerprint density at radius 1 is 1.24 bits per heavy atom. The first-order chi connectivity index (χ1) is 10.0. The molecule has 0 unspecified atom stereocenters. The van der Waals surface area contributed by atoms with E-state index in [1.54, 1.807) is 12.1 Å². The number of fused-ring (bicyclic) bond motifs is 1. The molecule has 1 aromatic heterocycles. The summed E-state index contributed by atoms with van der Waals surface area (Å²) in [5.41, 5.74) is 1.71. The van der Waals surface area contributed by atoms with E-state index in [9.17, 15) is 9.18 Å². The van der Waals surface area contributed by atoms with Gasteiger partial charge in [0.25, 0.3) is 5.91 Å². The van der Waals surface area contributed by atoms with Crippen molar-refractivity contribution in [1.29, 1.82) is 0 Å². The number of hydrogen-bond acceptors (Lipinski definition) is 2. The van der Waals surface area contributed by atoms with Crippen LogP contribution in [0, 0.1) is 12.7 Å². The number of benzene rings is 2. The van der Waals surface area contributed by atoms with E-state index in [2.05, 4.69) is 21.2 Å². The molecule has 3 rings (SSSR count). The molecule has 0 saturated heterocycles. The number of anilines is 1. The first kappa shape index (κ1) is 14.2. The quantitative estimate of drug-likeness (QED) is 0.651. The number of carbonyl (C=O) groups excluding carboxylic acids is 1. The second-order valence-corrected chi connectivity index (χ2v) is 6.68. The molecule has 0 bridgehead atoms. The molecular weight excluding hydrogens is 353 g/mol. The summed E-state index contributed by atoms with van der Waals surface area (Å²) in [6.45, 7) is 1.92. The van der Waals surface area contributed by atoms with Gasteiger partial charge in [-0.3, -0.25) is 4.79 Å². The van der Waals surface area contributed by atoms with Crippen LogP contribution in [0.15, 0.2) is 46.9 Å². The summed E-state index contributed by atoms with van der Waals surface area (Å²) in [4.78, 5) is 12.8. The van der Waals surface area contributed by atoms with Crippen molar-refractivity contribution in [2.75, 3.05) is 5.32 Å². The predicted octanol–water partition coefficient (Wildman–Crippen LogP) is 5.36. The molecule has 3 aromatic rings. The Hall–Kier alpha value is -1.72. The molecular formula is C16H11BrFNOS. The van der Waals surface area contributed by atoms with E-state index in [0.29, 0.717) is 10.3 Å². The Bertz CT molecular complexity index is 843. The number of carbonyl (C=O) groups is 1. The van der Waals surface area contributed by atoms with E-state index in [1.165, 1.54) is 17.4 Å². The third-order valence-corrected chi connectivity index (χ3v) is 4.76. The molecule has 2 aromatic carbocycles. The second kappa shape index (κ2) is 5.58. The molecule has 2 nitrogen and oxygen atoms in total. The van der Waals surface area contributed by atoms with Crippen LogP contribution in [0.1, 0.15) is 15.2 Å². The number of halogens is 2. The molecule has 0 aliphatic carbocycles.